The minimum atomic E-state index is 0.0806. The van der Waals surface area contributed by atoms with Crippen molar-refractivity contribution >= 4 is 11.8 Å². The predicted octanol–water partition coefficient (Wildman–Crippen LogP) is 6.11. The van der Waals surface area contributed by atoms with E-state index < -0.39 is 0 Å². The highest BCUT2D eigenvalue weighted by Gasteiger charge is 2.25. The van der Waals surface area contributed by atoms with E-state index in [-0.39, 0.29) is 10.8 Å². The SMILES string of the molecule is CC(C)(C)c1cc(-c2nnc3n2CN(CCc2ccccc2)CS3)cc(C(C)(C)C)c1. The zero-order chi connectivity index (χ0) is 22.2. The molecule has 0 amide bonds. The Morgan fingerprint density at radius 2 is 1.52 bits per heavy atom. The van der Waals surface area contributed by atoms with Crippen LogP contribution in [0.1, 0.15) is 58.2 Å². The molecular formula is C26H34N4S. The van der Waals surface area contributed by atoms with Gasteiger partial charge in [-0.25, -0.2) is 0 Å². The molecule has 0 fully saturated rings. The number of thioether (sulfide) groups is 1. The minimum absolute atomic E-state index is 0.0806. The lowest BCUT2D eigenvalue weighted by molar-refractivity contribution is 0.242. The quantitative estimate of drug-likeness (QED) is 0.496. The Bertz CT molecular complexity index is 1010. The van der Waals surface area contributed by atoms with Crippen molar-refractivity contribution in [3.05, 3.63) is 65.2 Å². The predicted molar refractivity (Wildman–Crippen MR) is 130 cm³/mol. The number of hydrogen-bond acceptors (Lipinski definition) is 4. The molecule has 0 radical (unpaired) electrons. The molecule has 0 saturated carbocycles. The summed E-state index contributed by atoms with van der Waals surface area (Å²) in [5.41, 5.74) is 5.40. The molecule has 0 atom stereocenters. The van der Waals surface area contributed by atoms with E-state index in [4.69, 9.17) is 0 Å². The van der Waals surface area contributed by atoms with Crippen LogP contribution in [0, 0.1) is 0 Å². The summed E-state index contributed by atoms with van der Waals surface area (Å²) in [4.78, 5) is 2.48. The summed E-state index contributed by atoms with van der Waals surface area (Å²) >= 11 is 1.78. The molecule has 4 rings (SSSR count). The zero-order valence-corrected chi connectivity index (χ0v) is 20.5. The summed E-state index contributed by atoms with van der Waals surface area (Å²) in [6.07, 6.45) is 1.06. The van der Waals surface area contributed by atoms with Gasteiger partial charge in [0.25, 0.3) is 0 Å². The molecule has 0 spiro atoms. The van der Waals surface area contributed by atoms with Gasteiger partial charge in [0.2, 0.25) is 0 Å². The summed E-state index contributed by atoms with van der Waals surface area (Å²) in [5.74, 6) is 1.93. The van der Waals surface area contributed by atoms with Crippen molar-refractivity contribution in [2.24, 2.45) is 0 Å². The second-order valence-electron chi connectivity index (χ2n) is 10.6. The monoisotopic (exact) mass is 434 g/mol. The van der Waals surface area contributed by atoms with Gasteiger partial charge in [-0.3, -0.25) is 9.47 Å². The summed E-state index contributed by atoms with van der Waals surface area (Å²) in [6.45, 7) is 15.5. The molecule has 1 aliphatic heterocycles. The molecule has 164 valence electrons. The van der Waals surface area contributed by atoms with E-state index in [9.17, 15) is 0 Å². The average Bonchev–Trinajstić information content (AvgIpc) is 3.15. The number of hydrogen-bond donors (Lipinski definition) is 0. The number of benzene rings is 2. The van der Waals surface area contributed by atoms with Crippen molar-refractivity contribution in [2.75, 3.05) is 12.4 Å². The van der Waals surface area contributed by atoms with Gasteiger partial charge in [0.15, 0.2) is 11.0 Å². The summed E-state index contributed by atoms with van der Waals surface area (Å²) in [7, 11) is 0. The van der Waals surface area contributed by atoms with Gasteiger partial charge in [0.05, 0.1) is 12.5 Å². The van der Waals surface area contributed by atoms with E-state index in [1.165, 1.54) is 22.3 Å². The first kappa shape index (κ1) is 22.1. The molecule has 2 aromatic carbocycles. The first-order valence-corrected chi connectivity index (χ1v) is 12.1. The van der Waals surface area contributed by atoms with Crippen LogP contribution < -0.4 is 0 Å². The van der Waals surface area contributed by atoms with Crippen molar-refractivity contribution in [2.45, 2.75) is 70.6 Å². The van der Waals surface area contributed by atoms with Crippen LogP contribution in [-0.4, -0.2) is 32.1 Å². The van der Waals surface area contributed by atoms with E-state index in [1.54, 1.807) is 11.8 Å². The van der Waals surface area contributed by atoms with E-state index in [0.29, 0.717) is 0 Å². The number of aromatic nitrogens is 3. The molecule has 1 aliphatic rings. The molecule has 0 aliphatic carbocycles. The fourth-order valence-corrected chi connectivity index (χ4v) is 4.72. The minimum Gasteiger partial charge on any atom is -0.288 e. The third-order valence-electron chi connectivity index (χ3n) is 5.92. The van der Waals surface area contributed by atoms with Crippen LogP contribution in [0.2, 0.25) is 0 Å². The molecule has 2 heterocycles. The highest BCUT2D eigenvalue weighted by Crippen LogP contribution is 2.35. The maximum absolute atomic E-state index is 4.63. The van der Waals surface area contributed by atoms with Gasteiger partial charge >= 0.3 is 0 Å². The fourth-order valence-electron chi connectivity index (χ4n) is 3.82. The third-order valence-corrected chi connectivity index (χ3v) is 6.97. The standard InChI is InChI=1S/C26H34N4S/c1-25(2,3)21-14-20(15-22(16-21)26(4,5)6)23-27-28-24-30(23)17-29(18-31-24)13-12-19-10-8-7-9-11-19/h7-11,14-16H,12-13,17-18H2,1-6H3. The molecule has 0 N–H and O–H groups in total. The second-order valence-corrected chi connectivity index (χ2v) is 11.5. The van der Waals surface area contributed by atoms with Gasteiger partial charge in [-0.05, 0) is 46.1 Å². The third kappa shape index (κ3) is 5.04. The van der Waals surface area contributed by atoms with Crippen molar-refractivity contribution in [1.82, 2.24) is 19.7 Å². The molecule has 0 unspecified atom stereocenters. The highest BCUT2D eigenvalue weighted by atomic mass is 32.2. The van der Waals surface area contributed by atoms with Crippen molar-refractivity contribution in [1.29, 1.82) is 0 Å². The molecular weight excluding hydrogens is 400 g/mol. The zero-order valence-electron chi connectivity index (χ0n) is 19.6. The van der Waals surface area contributed by atoms with Gasteiger partial charge < -0.3 is 0 Å². The van der Waals surface area contributed by atoms with Crippen LogP contribution in [-0.2, 0) is 23.9 Å². The molecule has 31 heavy (non-hydrogen) atoms. The fraction of sp³-hybridized carbons (Fsp3) is 0.462. The Balaban J connectivity index is 1.63. The van der Waals surface area contributed by atoms with E-state index in [2.05, 4.69) is 110 Å². The molecule has 1 aromatic heterocycles. The molecule has 3 aromatic rings. The number of rotatable bonds is 4. The van der Waals surface area contributed by atoms with Gasteiger partial charge in [-0.1, -0.05) is 89.7 Å². The summed E-state index contributed by atoms with van der Waals surface area (Å²) in [5, 5.41) is 10.2. The van der Waals surface area contributed by atoms with Gasteiger partial charge in [-0.15, -0.1) is 10.2 Å². The largest absolute Gasteiger partial charge is 0.288 e. The van der Waals surface area contributed by atoms with Gasteiger partial charge in [0, 0.05) is 12.1 Å². The van der Waals surface area contributed by atoms with Crippen LogP contribution in [0.5, 0.6) is 0 Å². The lowest BCUT2D eigenvalue weighted by atomic mass is 9.79. The van der Waals surface area contributed by atoms with Crippen LogP contribution in [0.3, 0.4) is 0 Å². The van der Waals surface area contributed by atoms with Crippen molar-refractivity contribution in [3.8, 4) is 11.4 Å². The molecule has 0 saturated heterocycles. The highest BCUT2D eigenvalue weighted by molar-refractivity contribution is 7.99. The van der Waals surface area contributed by atoms with Crippen LogP contribution in [0.15, 0.2) is 53.7 Å². The Morgan fingerprint density at radius 1 is 0.871 bits per heavy atom. The Labute approximate surface area is 191 Å². The molecule has 5 heteroatoms. The Hall–Kier alpha value is -2.11. The number of nitrogens with zero attached hydrogens (tertiary/aromatic N) is 4. The summed E-state index contributed by atoms with van der Waals surface area (Å²) in [6, 6.07) is 17.7. The summed E-state index contributed by atoms with van der Waals surface area (Å²) < 4.78 is 2.29. The van der Waals surface area contributed by atoms with Crippen molar-refractivity contribution < 1.29 is 0 Å². The van der Waals surface area contributed by atoms with Gasteiger partial charge in [-0.2, -0.15) is 0 Å². The van der Waals surface area contributed by atoms with Gasteiger partial charge in [0.1, 0.15) is 0 Å². The maximum atomic E-state index is 4.63. The van der Waals surface area contributed by atoms with Crippen molar-refractivity contribution in [3.63, 3.8) is 0 Å². The Kier molecular flexibility index (Phi) is 6.01. The first-order valence-electron chi connectivity index (χ1n) is 11.1. The smallest absolute Gasteiger partial charge is 0.193 e. The van der Waals surface area contributed by atoms with Crippen LogP contribution in [0.4, 0.5) is 0 Å². The van der Waals surface area contributed by atoms with E-state index in [1.807, 2.05) is 0 Å². The lowest BCUT2D eigenvalue weighted by Crippen LogP contribution is -2.32. The molecule has 0 bridgehead atoms. The number of fused-ring (bicyclic) bond motifs is 1. The lowest BCUT2D eigenvalue weighted by Gasteiger charge is -2.29. The van der Waals surface area contributed by atoms with Crippen LogP contribution >= 0.6 is 11.8 Å². The normalized spacial score (nSPS) is 15.2. The topological polar surface area (TPSA) is 34.0 Å². The second kappa shape index (κ2) is 8.44. The van der Waals surface area contributed by atoms with Crippen LogP contribution in [0.25, 0.3) is 11.4 Å². The average molecular weight is 435 g/mol. The first-order chi connectivity index (χ1) is 14.6. The van der Waals surface area contributed by atoms with E-state index in [0.717, 1.165) is 36.5 Å². The van der Waals surface area contributed by atoms with E-state index >= 15 is 0 Å². The maximum Gasteiger partial charge on any atom is 0.193 e. The molecule has 4 nitrogen and oxygen atoms in total. The Morgan fingerprint density at radius 3 is 2.13 bits per heavy atom.